The summed E-state index contributed by atoms with van der Waals surface area (Å²) in [4.78, 5) is 0.675. The molecule has 0 spiro atoms. The Morgan fingerprint density at radius 2 is 0.987 bits per heavy atom. The van der Waals surface area contributed by atoms with Crippen LogP contribution in [0.2, 0.25) is 0 Å². The largest absolute Gasteiger partial charge is 0.491 e. The molecule has 25 heteroatoms. The van der Waals surface area contributed by atoms with Crippen molar-refractivity contribution >= 4 is 62.1 Å². The zero-order valence-electron chi connectivity index (χ0n) is 40.5. The van der Waals surface area contributed by atoms with E-state index in [9.17, 15) is 39.5 Å². The van der Waals surface area contributed by atoms with Crippen molar-refractivity contribution in [3.8, 4) is 34.5 Å². The summed E-state index contributed by atoms with van der Waals surface area (Å²) in [6.45, 7) is 5.04. The summed E-state index contributed by atoms with van der Waals surface area (Å²) in [5.74, 6) is -7.31. The number of rotatable bonds is 13. The molecule has 0 radical (unpaired) electrons. The summed E-state index contributed by atoms with van der Waals surface area (Å²) < 4.78 is 136. The molecule has 0 bridgehead atoms. The Morgan fingerprint density at radius 3 is 1.51 bits per heavy atom. The van der Waals surface area contributed by atoms with Crippen molar-refractivity contribution in [1.82, 2.24) is 0 Å². The van der Waals surface area contributed by atoms with Crippen LogP contribution in [0.15, 0.2) is 150 Å². The van der Waals surface area contributed by atoms with Gasteiger partial charge in [-0.1, -0.05) is 48.5 Å². The van der Waals surface area contributed by atoms with Crippen molar-refractivity contribution in [3.63, 3.8) is 0 Å². The molecule has 0 aliphatic heterocycles. The highest BCUT2D eigenvalue weighted by Crippen LogP contribution is 2.29. The molecular formula is C52H43B4F9O11S. The van der Waals surface area contributed by atoms with Crippen molar-refractivity contribution in [3.05, 3.63) is 220 Å². The van der Waals surface area contributed by atoms with Crippen LogP contribution in [-0.4, -0.2) is 68.7 Å². The summed E-state index contributed by atoms with van der Waals surface area (Å²) in [5, 5.41) is 71.3. The first-order chi connectivity index (χ1) is 36.4. The second kappa shape index (κ2) is 28.3. The van der Waals surface area contributed by atoms with Gasteiger partial charge >= 0.3 is 28.5 Å². The first-order valence-corrected chi connectivity index (χ1v) is 23.4. The van der Waals surface area contributed by atoms with E-state index in [-0.39, 0.29) is 39.5 Å². The maximum absolute atomic E-state index is 13.7. The lowest BCUT2D eigenvalue weighted by atomic mass is 9.77. The molecule has 0 aliphatic carbocycles. The number of hydrogen-bond acceptors (Lipinski definition) is 12. The third kappa shape index (κ3) is 18.0. The van der Waals surface area contributed by atoms with E-state index in [2.05, 4.69) is 0 Å². The molecule has 0 atom stereocenters. The molecule has 0 saturated heterocycles. The molecule has 11 nitrogen and oxygen atoms in total. The van der Waals surface area contributed by atoms with E-state index in [0.29, 0.717) is 27.5 Å². The summed E-state index contributed by atoms with van der Waals surface area (Å²) in [5.41, 5.74) is 1.52. The highest BCUT2D eigenvalue weighted by atomic mass is 32.2. The highest BCUT2D eigenvalue weighted by molar-refractivity contribution is 7.98. The number of ether oxygens (including phenoxy) is 3. The smallest absolute Gasteiger partial charge is 0.457 e. The minimum absolute atomic E-state index is 0.00408. The van der Waals surface area contributed by atoms with Gasteiger partial charge in [-0.3, -0.25) is 0 Å². The molecule has 77 heavy (non-hydrogen) atoms. The summed E-state index contributed by atoms with van der Waals surface area (Å²) in [6.07, 6.45) is 0. The van der Waals surface area contributed by atoms with Gasteiger partial charge in [0, 0.05) is 45.2 Å². The predicted molar refractivity (Wildman–Crippen MR) is 274 cm³/mol. The molecule has 0 unspecified atom stereocenters. The van der Waals surface area contributed by atoms with Gasteiger partial charge in [-0.2, -0.15) is 4.39 Å². The van der Waals surface area contributed by atoms with Crippen LogP contribution in [0.1, 0.15) is 22.3 Å². The second-order valence-electron chi connectivity index (χ2n) is 16.3. The van der Waals surface area contributed by atoms with Crippen molar-refractivity contribution in [2.75, 3.05) is 0 Å². The van der Waals surface area contributed by atoms with E-state index in [1.165, 1.54) is 85.4 Å². The molecular weight excluding hydrogens is 1050 g/mol. The minimum Gasteiger partial charge on any atom is -0.457 e. The monoisotopic (exact) mass is 1090 g/mol. The van der Waals surface area contributed by atoms with Gasteiger partial charge in [0.25, 0.3) is 0 Å². The van der Waals surface area contributed by atoms with Crippen molar-refractivity contribution in [2.24, 2.45) is 0 Å². The van der Waals surface area contributed by atoms with Crippen molar-refractivity contribution in [2.45, 2.75) is 31.4 Å². The van der Waals surface area contributed by atoms with Gasteiger partial charge in [0.15, 0.2) is 29.0 Å². The average Bonchev–Trinajstić information content (AvgIpc) is 3.35. The first-order valence-electron chi connectivity index (χ1n) is 22.4. The molecule has 8 aromatic carbocycles. The molecule has 398 valence electrons. The molecule has 8 aromatic rings. The van der Waals surface area contributed by atoms with Crippen LogP contribution in [0.25, 0.3) is 0 Å². The fourth-order valence-electron chi connectivity index (χ4n) is 6.65. The van der Waals surface area contributed by atoms with E-state index >= 15 is 0 Å². The minimum atomic E-state index is -2.13. The van der Waals surface area contributed by atoms with E-state index in [1.807, 2.05) is 13.0 Å². The third-order valence-corrected chi connectivity index (χ3v) is 11.4. The Balaban J connectivity index is 0.000000189. The number of thioether (sulfide) groups is 1. The molecule has 8 N–H and O–H groups in total. The number of halogens is 9. The Bertz CT molecular complexity index is 3250. The zero-order valence-corrected chi connectivity index (χ0v) is 41.3. The maximum Gasteiger partial charge on any atom is 0.491 e. The van der Waals surface area contributed by atoms with Crippen LogP contribution in [0.4, 0.5) is 39.5 Å². The highest BCUT2D eigenvalue weighted by Gasteiger charge is 2.24. The number of aryl methyl sites for hydroxylation is 3. The van der Waals surface area contributed by atoms with Gasteiger partial charge in [-0.25, -0.2) is 35.1 Å². The number of hydrogen-bond donors (Lipinski definition) is 8. The first kappa shape index (κ1) is 60.7. The summed E-state index contributed by atoms with van der Waals surface area (Å²) in [6, 6.07) is 32.3. The molecule has 0 amide bonds. The Labute approximate surface area is 440 Å². The molecule has 0 heterocycles. The number of benzene rings is 8. The average molecular weight is 1090 g/mol. The van der Waals surface area contributed by atoms with E-state index in [4.69, 9.17) is 54.4 Å². The van der Waals surface area contributed by atoms with E-state index in [1.54, 1.807) is 43.3 Å². The SMILES string of the molecule is Cc1cc(CSc2ccc(B(O)O)c(F)c2)ccc1F.Cc1cc(Oc2cccc(F)c2)cc(F)c1B(O)O.Cc1cccc(Oc2c(F)cc(B(O)O)cc2F)c1.OB(O)c1ccc(Oc2cccc(F)c2)c(F)c1F. The van der Waals surface area contributed by atoms with Crippen LogP contribution in [0.5, 0.6) is 34.5 Å². The molecule has 0 aliphatic rings. The normalized spacial score (nSPS) is 10.4. The fraction of sp³-hybridized carbons (Fsp3) is 0.0769. The van der Waals surface area contributed by atoms with Gasteiger partial charge in [0.2, 0.25) is 5.82 Å². The van der Waals surface area contributed by atoms with E-state index < -0.39 is 92.0 Å². The van der Waals surface area contributed by atoms with Crippen molar-refractivity contribution < 1.29 is 93.9 Å². The molecule has 0 saturated carbocycles. The Hall–Kier alpha value is -7.18. The van der Waals surface area contributed by atoms with Crippen LogP contribution in [0, 0.1) is 73.1 Å². The second-order valence-corrected chi connectivity index (χ2v) is 17.4. The Morgan fingerprint density at radius 1 is 0.416 bits per heavy atom. The lowest BCUT2D eigenvalue weighted by Crippen LogP contribution is -2.35. The third-order valence-electron chi connectivity index (χ3n) is 10.4. The lowest BCUT2D eigenvalue weighted by molar-refractivity contribution is 0.404. The quantitative estimate of drug-likeness (QED) is 0.0327. The van der Waals surface area contributed by atoms with Gasteiger partial charge in [-0.05, 0) is 127 Å². The van der Waals surface area contributed by atoms with Crippen LogP contribution in [-0.2, 0) is 5.75 Å². The summed E-state index contributed by atoms with van der Waals surface area (Å²) in [7, 11) is -7.76. The lowest BCUT2D eigenvalue weighted by Gasteiger charge is -2.11. The van der Waals surface area contributed by atoms with Gasteiger partial charge in [0.1, 0.15) is 52.1 Å². The van der Waals surface area contributed by atoms with Crippen molar-refractivity contribution in [1.29, 1.82) is 0 Å². The van der Waals surface area contributed by atoms with Crippen LogP contribution >= 0.6 is 11.8 Å². The van der Waals surface area contributed by atoms with Gasteiger partial charge < -0.3 is 54.4 Å². The standard InChI is InChI=1S/C14H13BF2O2S.2C13H11BF2O3.C12H8BF3O3/c1-9-6-10(2-5-13(9)16)8-20-11-3-4-12(15(18)19)14(17)7-11;1-8-5-11(7-12(16)13(8)14(17)18)19-10-4-2-3-9(15)6-10;1-8-3-2-4-10(5-8)19-13-11(15)6-9(14(17)18)7-12(13)16;14-7-2-1-3-8(6-7)19-10-5-4-9(13(17)18)11(15)12(10)16/h2-7,18-19H,8H2,1H3;2*2-7,17-18H,1H3;1-6,17-18H. The predicted octanol–water partition coefficient (Wildman–Crippen LogP) is 7.31. The summed E-state index contributed by atoms with van der Waals surface area (Å²) >= 11 is 1.40. The Kier molecular flexibility index (Phi) is 22.3. The maximum atomic E-state index is 13.7. The topological polar surface area (TPSA) is 190 Å². The van der Waals surface area contributed by atoms with E-state index in [0.717, 1.165) is 47.5 Å². The molecule has 0 aromatic heterocycles. The van der Waals surface area contributed by atoms with Gasteiger partial charge in [-0.15, -0.1) is 11.8 Å². The van der Waals surface area contributed by atoms with Crippen LogP contribution in [0.3, 0.4) is 0 Å². The molecule has 0 fully saturated rings. The zero-order chi connectivity index (χ0) is 56.7. The van der Waals surface area contributed by atoms with Gasteiger partial charge in [0.05, 0.1) is 0 Å². The molecule has 8 rings (SSSR count). The van der Waals surface area contributed by atoms with Crippen LogP contribution < -0.4 is 36.1 Å². The fourth-order valence-corrected chi connectivity index (χ4v) is 7.52.